The fraction of sp³-hybridized carbons (Fsp3) is 0.632. The van der Waals surface area contributed by atoms with E-state index in [1.165, 1.54) is 32.1 Å². The minimum atomic E-state index is -0.285. The zero-order valence-electron chi connectivity index (χ0n) is 15.0. The van der Waals surface area contributed by atoms with Crippen LogP contribution in [0.3, 0.4) is 0 Å². The lowest BCUT2D eigenvalue weighted by Gasteiger charge is -2.24. The molecule has 0 radical (unpaired) electrons. The number of hydrogen-bond donors (Lipinski definition) is 4. The van der Waals surface area contributed by atoms with E-state index in [4.69, 9.17) is 0 Å². The predicted octanol–water partition coefficient (Wildman–Crippen LogP) is 3.63. The quantitative estimate of drug-likeness (QED) is 0.561. The number of halogens is 1. The highest BCUT2D eigenvalue weighted by Gasteiger charge is 2.39. The molecule has 1 saturated heterocycles. The first-order valence-electron chi connectivity index (χ1n) is 9.37. The summed E-state index contributed by atoms with van der Waals surface area (Å²) >= 11 is 3.66. The van der Waals surface area contributed by atoms with Crippen molar-refractivity contribution in [1.29, 1.82) is 0 Å². The van der Waals surface area contributed by atoms with Crippen LogP contribution >= 0.6 is 15.9 Å². The summed E-state index contributed by atoms with van der Waals surface area (Å²) in [7, 11) is 0. The van der Waals surface area contributed by atoms with Gasteiger partial charge in [0.25, 0.3) is 0 Å². The van der Waals surface area contributed by atoms with Crippen molar-refractivity contribution >= 4 is 33.2 Å². The topological polar surface area (TPSA) is 65.2 Å². The molecule has 5 nitrogen and oxygen atoms in total. The monoisotopic (exact) mass is 408 g/mol. The normalized spacial score (nSPS) is 27.4. The number of carbonyl (C=O) groups is 1. The molecule has 3 unspecified atom stereocenters. The molecule has 138 valence electrons. The summed E-state index contributed by atoms with van der Waals surface area (Å²) in [5.74, 6) is 0.422. The smallest absolute Gasteiger partial charge is 0.244 e. The minimum Gasteiger partial charge on any atom is -0.382 e. The van der Waals surface area contributed by atoms with Gasteiger partial charge in [0.2, 0.25) is 5.91 Å². The molecule has 1 amide bonds. The first-order valence-corrected chi connectivity index (χ1v) is 10.3. The molecule has 25 heavy (non-hydrogen) atoms. The number of amides is 1. The van der Waals surface area contributed by atoms with Gasteiger partial charge in [-0.1, -0.05) is 49.0 Å². The van der Waals surface area contributed by atoms with E-state index in [1.807, 2.05) is 24.3 Å². The third-order valence-electron chi connectivity index (χ3n) is 5.20. The maximum atomic E-state index is 12.5. The Labute approximate surface area is 158 Å². The van der Waals surface area contributed by atoms with Crippen molar-refractivity contribution in [3.8, 4) is 0 Å². The van der Waals surface area contributed by atoms with Crippen LogP contribution in [0.5, 0.6) is 0 Å². The Kier molecular flexibility index (Phi) is 6.36. The molecular weight excluding hydrogens is 380 g/mol. The lowest BCUT2D eigenvalue weighted by atomic mass is 9.95. The molecule has 3 atom stereocenters. The molecule has 2 aliphatic rings. The van der Waals surface area contributed by atoms with Crippen LogP contribution in [0.15, 0.2) is 24.3 Å². The van der Waals surface area contributed by atoms with Crippen molar-refractivity contribution in [3.63, 3.8) is 0 Å². The number of hydrazine groups is 1. The van der Waals surface area contributed by atoms with Gasteiger partial charge in [-0.3, -0.25) is 10.2 Å². The van der Waals surface area contributed by atoms with E-state index in [0.717, 1.165) is 11.4 Å². The van der Waals surface area contributed by atoms with Crippen LogP contribution in [-0.4, -0.2) is 28.9 Å². The fourth-order valence-electron chi connectivity index (χ4n) is 3.65. The van der Waals surface area contributed by atoms with Gasteiger partial charge < -0.3 is 10.6 Å². The molecule has 0 aromatic heterocycles. The second kappa shape index (κ2) is 8.52. The van der Waals surface area contributed by atoms with E-state index in [2.05, 4.69) is 51.3 Å². The van der Waals surface area contributed by atoms with E-state index < -0.39 is 0 Å². The standard InChI is InChI=1S/C19H29BrN4O/c1-12(2)17-16(20)18(24-23-17)19(25)22-15-10-8-14(9-11-15)21-13-6-4-3-5-7-13/h8-13,16-18,21,23-24H,3-7H2,1-2H3,(H,22,25). The number of carbonyl (C=O) groups excluding carboxylic acids is 1. The van der Waals surface area contributed by atoms with Crippen LogP contribution in [0.2, 0.25) is 0 Å². The van der Waals surface area contributed by atoms with Gasteiger partial charge in [-0.05, 0) is 43.0 Å². The van der Waals surface area contributed by atoms with Crippen molar-refractivity contribution < 1.29 is 4.79 Å². The fourth-order valence-corrected chi connectivity index (χ4v) is 4.76. The van der Waals surface area contributed by atoms with E-state index in [-0.39, 0.29) is 22.8 Å². The average Bonchev–Trinajstić information content (AvgIpc) is 2.99. The van der Waals surface area contributed by atoms with Crippen molar-refractivity contribution in [1.82, 2.24) is 10.9 Å². The zero-order valence-corrected chi connectivity index (χ0v) is 16.6. The third-order valence-corrected chi connectivity index (χ3v) is 6.29. The van der Waals surface area contributed by atoms with Gasteiger partial charge >= 0.3 is 0 Å². The number of hydrogen-bond acceptors (Lipinski definition) is 4. The van der Waals surface area contributed by atoms with Gasteiger partial charge in [0, 0.05) is 23.5 Å². The Morgan fingerprint density at radius 3 is 2.32 bits per heavy atom. The van der Waals surface area contributed by atoms with Crippen LogP contribution in [0.1, 0.15) is 46.0 Å². The SMILES string of the molecule is CC(C)C1NNC(C(=O)Nc2ccc(NC3CCCCC3)cc2)C1Br. The molecule has 1 saturated carbocycles. The van der Waals surface area contributed by atoms with Crippen LogP contribution in [-0.2, 0) is 4.79 Å². The molecule has 2 fully saturated rings. The molecule has 1 heterocycles. The Bertz CT molecular complexity index is 571. The lowest BCUT2D eigenvalue weighted by Crippen LogP contribution is -2.42. The van der Waals surface area contributed by atoms with Gasteiger partial charge in [-0.2, -0.15) is 0 Å². The molecule has 1 aliphatic carbocycles. The average molecular weight is 409 g/mol. The highest BCUT2D eigenvalue weighted by molar-refractivity contribution is 9.09. The second-order valence-corrected chi connectivity index (χ2v) is 8.58. The molecule has 0 spiro atoms. The summed E-state index contributed by atoms with van der Waals surface area (Å²) in [6.45, 7) is 4.29. The molecular formula is C19H29BrN4O. The molecule has 6 heteroatoms. The summed E-state index contributed by atoms with van der Waals surface area (Å²) in [6.07, 6.45) is 6.50. The van der Waals surface area contributed by atoms with Crippen molar-refractivity contribution in [2.24, 2.45) is 5.92 Å². The summed E-state index contributed by atoms with van der Waals surface area (Å²) in [4.78, 5) is 12.6. The van der Waals surface area contributed by atoms with Crippen molar-refractivity contribution in [2.75, 3.05) is 10.6 Å². The second-order valence-electron chi connectivity index (χ2n) is 7.53. The third kappa shape index (κ3) is 4.74. The van der Waals surface area contributed by atoms with Gasteiger partial charge in [0.1, 0.15) is 6.04 Å². The van der Waals surface area contributed by atoms with E-state index in [0.29, 0.717) is 12.0 Å². The molecule has 0 bridgehead atoms. The Morgan fingerprint density at radius 1 is 1.08 bits per heavy atom. The maximum Gasteiger partial charge on any atom is 0.244 e. The van der Waals surface area contributed by atoms with Crippen LogP contribution in [0.25, 0.3) is 0 Å². The number of anilines is 2. The summed E-state index contributed by atoms with van der Waals surface area (Å²) in [5.41, 5.74) is 8.27. The maximum absolute atomic E-state index is 12.5. The van der Waals surface area contributed by atoms with Crippen LogP contribution in [0.4, 0.5) is 11.4 Å². The van der Waals surface area contributed by atoms with Gasteiger partial charge in [-0.25, -0.2) is 5.43 Å². The zero-order chi connectivity index (χ0) is 17.8. The highest BCUT2D eigenvalue weighted by atomic mass is 79.9. The Balaban J connectivity index is 1.53. The Hall–Kier alpha value is -1.11. The number of nitrogens with one attached hydrogen (secondary N) is 4. The Morgan fingerprint density at radius 2 is 1.72 bits per heavy atom. The van der Waals surface area contributed by atoms with Crippen molar-refractivity contribution in [2.45, 2.75) is 68.9 Å². The van der Waals surface area contributed by atoms with E-state index in [9.17, 15) is 4.79 Å². The predicted molar refractivity (Wildman–Crippen MR) is 107 cm³/mol. The van der Waals surface area contributed by atoms with E-state index in [1.54, 1.807) is 0 Å². The number of benzene rings is 1. The van der Waals surface area contributed by atoms with E-state index >= 15 is 0 Å². The van der Waals surface area contributed by atoms with Gasteiger partial charge in [0.05, 0.1) is 4.83 Å². The first kappa shape index (κ1) is 18.7. The van der Waals surface area contributed by atoms with Gasteiger partial charge in [-0.15, -0.1) is 0 Å². The summed E-state index contributed by atoms with van der Waals surface area (Å²) in [6, 6.07) is 8.57. The largest absolute Gasteiger partial charge is 0.382 e. The highest BCUT2D eigenvalue weighted by Crippen LogP contribution is 2.24. The molecule has 1 aromatic rings. The first-order chi connectivity index (χ1) is 12.0. The molecule has 3 rings (SSSR count). The van der Waals surface area contributed by atoms with Crippen LogP contribution in [0, 0.1) is 5.92 Å². The number of rotatable bonds is 5. The summed E-state index contributed by atoms with van der Waals surface area (Å²) < 4.78 is 0. The summed E-state index contributed by atoms with van der Waals surface area (Å²) in [5, 5.41) is 6.60. The van der Waals surface area contributed by atoms with Crippen molar-refractivity contribution in [3.05, 3.63) is 24.3 Å². The molecule has 1 aromatic carbocycles. The van der Waals surface area contributed by atoms with Gasteiger partial charge in [0.15, 0.2) is 0 Å². The molecule has 1 aliphatic heterocycles. The minimum absolute atomic E-state index is 0.0227. The number of alkyl halides is 1. The van der Waals surface area contributed by atoms with Crippen LogP contribution < -0.4 is 21.5 Å². The molecule has 4 N–H and O–H groups in total. The lowest BCUT2D eigenvalue weighted by molar-refractivity contribution is -0.117.